The second kappa shape index (κ2) is 4.25. The van der Waals surface area contributed by atoms with Crippen molar-refractivity contribution in [3.05, 3.63) is 39.4 Å². The van der Waals surface area contributed by atoms with Crippen LogP contribution in [-0.2, 0) is 0 Å². The topological polar surface area (TPSA) is 72.2 Å². The zero-order valence-electron chi connectivity index (χ0n) is 10.4. The van der Waals surface area contributed by atoms with E-state index < -0.39 is 33.7 Å². The summed E-state index contributed by atoms with van der Waals surface area (Å²) in [5.74, 6) is -3.40. The van der Waals surface area contributed by atoms with E-state index in [-0.39, 0.29) is 11.5 Å². The quantitative estimate of drug-likeness (QED) is 0.677. The zero-order valence-corrected chi connectivity index (χ0v) is 10.4. The van der Waals surface area contributed by atoms with Crippen molar-refractivity contribution in [2.75, 3.05) is 0 Å². The predicted octanol–water partition coefficient (Wildman–Crippen LogP) is 2.40. The van der Waals surface area contributed by atoms with Crippen LogP contribution in [0, 0.1) is 27.2 Å². The summed E-state index contributed by atoms with van der Waals surface area (Å²) in [6, 6.07) is 0.869. The summed E-state index contributed by atoms with van der Waals surface area (Å²) < 4.78 is 26.1. The molecule has 0 aliphatic heterocycles. The van der Waals surface area contributed by atoms with Gasteiger partial charge in [0.25, 0.3) is 11.6 Å². The highest BCUT2D eigenvalue weighted by molar-refractivity contribution is 5.98. The molecule has 0 bridgehead atoms. The predicted molar refractivity (Wildman–Crippen MR) is 62.7 cm³/mol. The van der Waals surface area contributed by atoms with Crippen molar-refractivity contribution in [1.82, 2.24) is 5.32 Å². The number of nitrogens with zero attached hydrogens (tertiary/aromatic N) is 1. The van der Waals surface area contributed by atoms with Gasteiger partial charge in [0.2, 0.25) is 0 Å². The van der Waals surface area contributed by atoms with Crippen LogP contribution in [0.25, 0.3) is 0 Å². The summed E-state index contributed by atoms with van der Waals surface area (Å²) in [6.45, 7) is 3.86. The number of carbonyl (C=O) groups is 1. The average Bonchev–Trinajstić information content (AvgIpc) is 2.88. The number of benzene rings is 1. The van der Waals surface area contributed by atoms with Gasteiger partial charge in [0, 0.05) is 6.04 Å². The van der Waals surface area contributed by atoms with E-state index in [1.54, 1.807) is 0 Å². The summed E-state index contributed by atoms with van der Waals surface area (Å²) in [6.07, 6.45) is 0.746. The van der Waals surface area contributed by atoms with Gasteiger partial charge in [-0.05, 0) is 17.9 Å². The molecule has 0 heterocycles. The highest BCUT2D eigenvalue weighted by Gasteiger charge is 2.47. The van der Waals surface area contributed by atoms with Gasteiger partial charge in [-0.15, -0.1) is 0 Å². The third-order valence-electron chi connectivity index (χ3n) is 3.30. The van der Waals surface area contributed by atoms with Crippen LogP contribution in [0.2, 0.25) is 0 Å². The molecule has 2 rings (SSSR count). The Morgan fingerprint density at radius 3 is 2.42 bits per heavy atom. The maximum atomic E-state index is 13.1. The number of amides is 1. The van der Waals surface area contributed by atoms with Gasteiger partial charge in [0.05, 0.1) is 11.0 Å². The van der Waals surface area contributed by atoms with E-state index in [0.717, 1.165) is 6.42 Å². The number of halogens is 2. The maximum absolute atomic E-state index is 13.1. The SMILES string of the molecule is CC1(C)CC1NC(=O)c1cc(F)c(F)cc1[N+](=O)[O-]. The normalized spacial score (nSPS) is 19.9. The molecule has 1 N–H and O–H groups in total. The molecule has 1 aliphatic carbocycles. The van der Waals surface area contributed by atoms with Gasteiger partial charge in [0.1, 0.15) is 5.56 Å². The first-order valence-electron chi connectivity index (χ1n) is 5.66. The Balaban J connectivity index is 2.30. The molecule has 1 amide bonds. The minimum atomic E-state index is -1.35. The molecular formula is C12H12F2N2O3. The third-order valence-corrected chi connectivity index (χ3v) is 3.30. The Morgan fingerprint density at radius 2 is 1.95 bits per heavy atom. The standard InChI is InChI=1S/C12H12F2N2O3/c1-12(2)5-10(12)15-11(17)6-3-7(13)8(14)4-9(6)16(18)19/h3-4,10H,5H2,1-2H3,(H,15,17). The minimum absolute atomic E-state index is 0.0665. The molecule has 0 spiro atoms. The fourth-order valence-electron chi connectivity index (χ4n) is 1.82. The molecule has 7 heteroatoms. The number of hydrogen-bond donors (Lipinski definition) is 1. The highest BCUT2D eigenvalue weighted by Crippen LogP contribution is 2.44. The molecule has 0 saturated heterocycles. The van der Waals surface area contributed by atoms with Crippen LogP contribution >= 0.6 is 0 Å². The molecule has 1 unspecified atom stereocenters. The first-order chi connectivity index (χ1) is 8.72. The molecule has 1 aliphatic rings. The molecule has 0 radical (unpaired) electrons. The highest BCUT2D eigenvalue weighted by atomic mass is 19.2. The number of carbonyl (C=O) groups excluding carboxylic acids is 1. The van der Waals surface area contributed by atoms with Crippen LogP contribution in [0.3, 0.4) is 0 Å². The van der Waals surface area contributed by atoms with Crippen LogP contribution in [0.5, 0.6) is 0 Å². The first kappa shape index (κ1) is 13.4. The molecule has 19 heavy (non-hydrogen) atoms. The minimum Gasteiger partial charge on any atom is -0.349 e. The van der Waals surface area contributed by atoms with Crippen molar-refractivity contribution < 1.29 is 18.5 Å². The van der Waals surface area contributed by atoms with Gasteiger partial charge in [-0.1, -0.05) is 13.8 Å². The molecule has 1 atom stereocenters. The molecule has 1 fully saturated rings. The van der Waals surface area contributed by atoms with Gasteiger partial charge in [-0.2, -0.15) is 0 Å². The van der Waals surface area contributed by atoms with Crippen molar-refractivity contribution in [1.29, 1.82) is 0 Å². The summed E-state index contributed by atoms with van der Waals surface area (Å²) in [5.41, 5.74) is -1.27. The molecule has 1 aromatic carbocycles. The van der Waals surface area contributed by atoms with Crippen molar-refractivity contribution >= 4 is 11.6 Å². The number of nitro benzene ring substituents is 1. The van der Waals surface area contributed by atoms with Gasteiger partial charge in [-0.25, -0.2) is 8.78 Å². The summed E-state index contributed by atoms with van der Waals surface area (Å²) in [4.78, 5) is 21.7. The van der Waals surface area contributed by atoms with Crippen molar-refractivity contribution in [3.8, 4) is 0 Å². The van der Waals surface area contributed by atoms with Gasteiger partial charge >= 0.3 is 0 Å². The summed E-state index contributed by atoms with van der Waals surface area (Å²) >= 11 is 0. The third kappa shape index (κ3) is 2.54. The lowest BCUT2D eigenvalue weighted by Gasteiger charge is -2.07. The van der Waals surface area contributed by atoms with E-state index in [0.29, 0.717) is 12.1 Å². The van der Waals surface area contributed by atoms with E-state index in [2.05, 4.69) is 5.32 Å². The van der Waals surface area contributed by atoms with Gasteiger partial charge in [-0.3, -0.25) is 14.9 Å². The summed E-state index contributed by atoms with van der Waals surface area (Å²) in [7, 11) is 0. The Bertz CT molecular complexity index is 572. The van der Waals surface area contributed by atoms with Crippen molar-refractivity contribution in [2.24, 2.45) is 5.41 Å². The van der Waals surface area contributed by atoms with Crippen LogP contribution in [0.1, 0.15) is 30.6 Å². The van der Waals surface area contributed by atoms with Crippen LogP contribution in [0.4, 0.5) is 14.5 Å². The second-order valence-corrected chi connectivity index (χ2v) is 5.26. The lowest BCUT2D eigenvalue weighted by Crippen LogP contribution is -2.29. The van der Waals surface area contributed by atoms with E-state index in [4.69, 9.17) is 0 Å². The maximum Gasteiger partial charge on any atom is 0.285 e. The molecule has 5 nitrogen and oxygen atoms in total. The molecule has 0 aromatic heterocycles. The smallest absolute Gasteiger partial charge is 0.285 e. The van der Waals surface area contributed by atoms with E-state index in [1.165, 1.54) is 0 Å². The number of nitrogens with one attached hydrogen (secondary N) is 1. The second-order valence-electron chi connectivity index (χ2n) is 5.26. The van der Waals surface area contributed by atoms with E-state index >= 15 is 0 Å². The zero-order chi connectivity index (χ0) is 14.4. The fraction of sp³-hybridized carbons (Fsp3) is 0.417. The van der Waals surface area contributed by atoms with Crippen LogP contribution in [0.15, 0.2) is 12.1 Å². The van der Waals surface area contributed by atoms with E-state index in [1.807, 2.05) is 13.8 Å². The van der Waals surface area contributed by atoms with Crippen LogP contribution in [-0.4, -0.2) is 16.9 Å². The average molecular weight is 270 g/mol. The summed E-state index contributed by atoms with van der Waals surface area (Å²) in [5, 5.41) is 13.3. The Kier molecular flexibility index (Phi) is 3.00. The lowest BCUT2D eigenvalue weighted by molar-refractivity contribution is -0.385. The molecular weight excluding hydrogens is 258 g/mol. The van der Waals surface area contributed by atoms with Crippen molar-refractivity contribution in [2.45, 2.75) is 26.3 Å². The van der Waals surface area contributed by atoms with Crippen LogP contribution < -0.4 is 5.32 Å². The van der Waals surface area contributed by atoms with Gasteiger partial charge in [0.15, 0.2) is 11.6 Å². The number of hydrogen-bond acceptors (Lipinski definition) is 3. The van der Waals surface area contributed by atoms with Gasteiger partial charge < -0.3 is 5.32 Å². The monoisotopic (exact) mass is 270 g/mol. The molecule has 1 saturated carbocycles. The molecule has 102 valence electrons. The fourth-order valence-corrected chi connectivity index (χ4v) is 1.82. The first-order valence-corrected chi connectivity index (χ1v) is 5.66. The largest absolute Gasteiger partial charge is 0.349 e. The Hall–Kier alpha value is -2.05. The van der Waals surface area contributed by atoms with Crippen molar-refractivity contribution in [3.63, 3.8) is 0 Å². The lowest BCUT2D eigenvalue weighted by atomic mass is 10.1. The number of rotatable bonds is 3. The Morgan fingerprint density at radius 1 is 1.42 bits per heavy atom. The number of nitro groups is 1. The molecule has 1 aromatic rings. The Labute approximate surface area is 107 Å². The van der Waals surface area contributed by atoms with E-state index in [9.17, 15) is 23.7 Å².